The van der Waals surface area contributed by atoms with Gasteiger partial charge < -0.3 is 0 Å². The number of hydrogen-bond donors (Lipinski definition) is 1. The molecule has 2 rings (SSSR count). The van der Waals surface area contributed by atoms with E-state index in [4.69, 9.17) is 0 Å². The van der Waals surface area contributed by atoms with Gasteiger partial charge in [-0.1, -0.05) is 19.3 Å². The van der Waals surface area contributed by atoms with Crippen LogP contribution in [0.25, 0.3) is 0 Å². The Bertz CT molecular complexity index is 632. The van der Waals surface area contributed by atoms with Crippen LogP contribution in [0.15, 0.2) is 5.03 Å². The van der Waals surface area contributed by atoms with Gasteiger partial charge in [-0.05, 0) is 26.7 Å². The summed E-state index contributed by atoms with van der Waals surface area (Å²) in [6.45, 7) is 3.39. The molecule has 1 saturated carbocycles. The fourth-order valence-electron chi connectivity index (χ4n) is 3.07. The molecule has 0 bridgehead atoms. The van der Waals surface area contributed by atoms with Crippen LogP contribution in [-0.2, 0) is 16.6 Å². The molecule has 1 aliphatic rings. The fraction of sp³-hybridized carbons (Fsp3) is 0.769. The van der Waals surface area contributed by atoms with Crippen molar-refractivity contribution in [3.05, 3.63) is 11.3 Å². The second kappa shape index (κ2) is 6.19. The molecule has 126 valence electrons. The predicted octanol–water partition coefficient (Wildman–Crippen LogP) is 3.06. The third-order valence-corrected chi connectivity index (χ3v) is 5.49. The van der Waals surface area contributed by atoms with E-state index in [1.807, 2.05) is 0 Å². The molecule has 0 amide bonds. The van der Waals surface area contributed by atoms with Gasteiger partial charge in [0.1, 0.15) is 0 Å². The first kappa shape index (κ1) is 17.3. The summed E-state index contributed by atoms with van der Waals surface area (Å²) in [4.78, 5) is 0. The van der Waals surface area contributed by atoms with Crippen molar-refractivity contribution in [2.24, 2.45) is 0 Å². The Balaban J connectivity index is 2.45. The van der Waals surface area contributed by atoms with Crippen molar-refractivity contribution in [1.29, 1.82) is 0 Å². The summed E-state index contributed by atoms with van der Waals surface area (Å²) in [5.74, 6) is 0.126. The zero-order valence-corrected chi connectivity index (χ0v) is 13.4. The number of sulfonamides is 1. The summed E-state index contributed by atoms with van der Waals surface area (Å²) in [7, 11) is -4.68. The lowest BCUT2D eigenvalue weighted by Gasteiger charge is -2.20. The normalized spacial score (nSPS) is 17.9. The predicted molar refractivity (Wildman–Crippen MR) is 74.8 cm³/mol. The van der Waals surface area contributed by atoms with Crippen LogP contribution < -0.4 is 4.72 Å². The van der Waals surface area contributed by atoms with Crippen molar-refractivity contribution in [3.63, 3.8) is 0 Å². The largest absolute Gasteiger partial charge is 0.470 e. The molecule has 22 heavy (non-hydrogen) atoms. The number of nitrogens with one attached hydrogen (secondary N) is 1. The van der Waals surface area contributed by atoms with Crippen LogP contribution in [0.2, 0.25) is 0 Å². The molecule has 1 heterocycles. The molecule has 1 aromatic rings. The molecule has 0 aliphatic heterocycles. The van der Waals surface area contributed by atoms with Gasteiger partial charge in [0.15, 0.2) is 5.03 Å². The molecule has 1 aliphatic carbocycles. The summed E-state index contributed by atoms with van der Waals surface area (Å²) < 4.78 is 63.3. The van der Waals surface area contributed by atoms with Gasteiger partial charge in [-0.3, -0.25) is 4.68 Å². The van der Waals surface area contributed by atoms with Gasteiger partial charge in [0, 0.05) is 18.0 Å². The molecule has 1 fully saturated rings. The van der Waals surface area contributed by atoms with E-state index in [9.17, 15) is 21.6 Å². The smallest absolute Gasteiger partial charge is 0.253 e. The van der Waals surface area contributed by atoms with Gasteiger partial charge in [-0.15, -0.1) is 4.72 Å². The molecule has 1 aromatic heterocycles. The molecular formula is C13H20F3N3O2S. The number of aryl methyl sites for hydroxylation is 1. The van der Waals surface area contributed by atoms with Gasteiger partial charge in [-0.25, -0.2) is 8.42 Å². The molecule has 1 N–H and O–H groups in total. The molecule has 0 saturated heterocycles. The van der Waals surface area contributed by atoms with Crippen LogP contribution in [0.1, 0.15) is 56.2 Å². The molecule has 5 nitrogen and oxygen atoms in total. The topological polar surface area (TPSA) is 64.0 Å². The first-order chi connectivity index (χ1) is 10.2. The maximum Gasteiger partial charge on any atom is 0.470 e. The van der Waals surface area contributed by atoms with E-state index in [0.717, 1.165) is 41.5 Å². The Kier molecular flexibility index (Phi) is 4.86. The van der Waals surface area contributed by atoms with E-state index in [-0.39, 0.29) is 17.5 Å². The SMILES string of the molecule is CCn1nc(C2CCCCC2)c(C)c1S(=O)(=O)NC(F)(F)F. The first-order valence-corrected chi connectivity index (χ1v) is 8.82. The van der Waals surface area contributed by atoms with Crippen LogP contribution >= 0.6 is 0 Å². The van der Waals surface area contributed by atoms with Crippen LogP contribution in [-0.4, -0.2) is 24.5 Å². The Morgan fingerprint density at radius 3 is 2.36 bits per heavy atom. The highest BCUT2D eigenvalue weighted by molar-refractivity contribution is 7.89. The van der Waals surface area contributed by atoms with Crippen molar-refractivity contribution < 1.29 is 21.6 Å². The maximum absolute atomic E-state index is 12.4. The highest BCUT2D eigenvalue weighted by Crippen LogP contribution is 2.35. The van der Waals surface area contributed by atoms with Crippen molar-refractivity contribution in [3.8, 4) is 0 Å². The van der Waals surface area contributed by atoms with E-state index >= 15 is 0 Å². The van der Waals surface area contributed by atoms with E-state index in [1.54, 1.807) is 6.92 Å². The lowest BCUT2D eigenvalue weighted by molar-refractivity contribution is -0.138. The Hall–Kier alpha value is -1.09. The quantitative estimate of drug-likeness (QED) is 0.858. The second-order valence-corrected chi connectivity index (χ2v) is 7.17. The number of hydrogen-bond acceptors (Lipinski definition) is 3. The maximum atomic E-state index is 12.4. The highest BCUT2D eigenvalue weighted by atomic mass is 32.2. The summed E-state index contributed by atoms with van der Waals surface area (Å²) in [5, 5.41) is 3.90. The molecule has 9 heteroatoms. The highest BCUT2D eigenvalue weighted by Gasteiger charge is 2.38. The third kappa shape index (κ3) is 3.62. The van der Waals surface area contributed by atoms with Crippen molar-refractivity contribution in [2.45, 2.75) is 69.7 Å². The van der Waals surface area contributed by atoms with Gasteiger partial charge >= 0.3 is 6.30 Å². The number of nitrogens with zero attached hydrogens (tertiary/aromatic N) is 2. The lowest BCUT2D eigenvalue weighted by atomic mass is 9.86. The van der Waals surface area contributed by atoms with Gasteiger partial charge in [0.05, 0.1) is 5.69 Å². The molecular weight excluding hydrogens is 319 g/mol. The van der Waals surface area contributed by atoms with E-state index in [0.29, 0.717) is 11.3 Å². The zero-order valence-electron chi connectivity index (χ0n) is 12.6. The number of alkyl halides is 3. The monoisotopic (exact) mass is 339 g/mol. The number of halogens is 3. The van der Waals surface area contributed by atoms with Gasteiger partial charge in [0.2, 0.25) is 0 Å². The summed E-state index contributed by atoms with van der Waals surface area (Å²) in [6.07, 6.45) is -0.0105. The Morgan fingerprint density at radius 1 is 1.27 bits per heavy atom. The Labute approximate surface area is 127 Å². The zero-order chi connectivity index (χ0) is 16.5. The third-order valence-electron chi connectivity index (χ3n) is 3.96. The average molecular weight is 339 g/mol. The standard InChI is InChI=1S/C13H20F3N3O2S/c1-3-19-12(22(20,21)18-13(14,15)16)9(2)11(17-19)10-7-5-4-6-8-10/h10,18H,3-8H2,1-2H3. The van der Waals surface area contributed by atoms with Crippen LogP contribution in [0.4, 0.5) is 13.2 Å². The van der Waals surface area contributed by atoms with E-state index in [2.05, 4.69) is 5.10 Å². The van der Waals surface area contributed by atoms with Gasteiger partial charge in [-0.2, -0.15) is 18.3 Å². The van der Waals surface area contributed by atoms with Crippen LogP contribution in [0.3, 0.4) is 0 Å². The average Bonchev–Trinajstić information content (AvgIpc) is 2.74. The molecule has 0 atom stereocenters. The summed E-state index contributed by atoms with van der Waals surface area (Å²) >= 11 is 0. The van der Waals surface area contributed by atoms with Crippen molar-refractivity contribution in [1.82, 2.24) is 14.5 Å². The summed E-state index contributed by atoms with van der Waals surface area (Å²) in [5.41, 5.74) is 0.939. The molecule has 0 radical (unpaired) electrons. The lowest BCUT2D eigenvalue weighted by Crippen LogP contribution is -2.38. The minimum Gasteiger partial charge on any atom is -0.253 e. The van der Waals surface area contributed by atoms with Crippen molar-refractivity contribution >= 4 is 10.0 Å². The molecule has 0 aromatic carbocycles. The number of rotatable bonds is 4. The van der Waals surface area contributed by atoms with Crippen molar-refractivity contribution in [2.75, 3.05) is 0 Å². The van der Waals surface area contributed by atoms with E-state index in [1.165, 1.54) is 6.92 Å². The van der Waals surface area contributed by atoms with Gasteiger partial charge in [0.25, 0.3) is 10.0 Å². The number of aromatic nitrogens is 2. The second-order valence-electron chi connectivity index (χ2n) is 5.57. The fourth-order valence-corrected chi connectivity index (χ4v) is 4.43. The Morgan fingerprint density at radius 2 is 1.86 bits per heavy atom. The van der Waals surface area contributed by atoms with Crippen LogP contribution in [0.5, 0.6) is 0 Å². The summed E-state index contributed by atoms with van der Waals surface area (Å²) in [6, 6.07) is 0. The minimum absolute atomic E-state index is 0.126. The minimum atomic E-state index is -5.00. The first-order valence-electron chi connectivity index (χ1n) is 7.33. The van der Waals surface area contributed by atoms with Crippen LogP contribution in [0, 0.1) is 6.92 Å². The molecule has 0 unspecified atom stereocenters. The van der Waals surface area contributed by atoms with E-state index < -0.39 is 16.3 Å². The molecule has 0 spiro atoms.